The lowest BCUT2D eigenvalue weighted by molar-refractivity contribution is -0.117. The highest BCUT2D eigenvalue weighted by molar-refractivity contribution is 7.90. The molecule has 0 unspecified atom stereocenters. The number of nitrogens with zero attached hydrogens (tertiary/aromatic N) is 4. The van der Waals surface area contributed by atoms with Crippen molar-refractivity contribution in [2.24, 2.45) is 4.99 Å². The van der Waals surface area contributed by atoms with Crippen molar-refractivity contribution < 1.29 is 17.6 Å². The number of aryl methyl sites for hydroxylation is 1. The second-order valence-corrected chi connectivity index (χ2v) is 9.99. The van der Waals surface area contributed by atoms with E-state index in [1.165, 1.54) is 25.1 Å². The number of hydrogen-bond acceptors (Lipinski definition) is 6. The Morgan fingerprint density at radius 1 is 1.18 bits per heavy atom. The summed E-state index contributed by atoms with van der Waals surface area (Å²) in [7, 11) is -3.72. The zero-order valence-electron chi connectivity index (χ0n) is 18.5. The molecule has 2 aliphatic heterocycles. The Bertz CT molecular complexity index is 1420. The molecule has 0 aliphatic carbocycles. The first-order valence-electron chi connectivity index (χ1n) is 11.1. The standard InChI is InChI=1S/C23H23FN6O3S/c1-14(25-21-16-7-4-5-8-19(16)34(32,33)29-21)23(31)26-18-13-15(10-11-17(18)24)22-28-27-20-9-3-2-6-12-30(20)22/h4-5,7-8,10-11,13-14H,2-3,6,9,12H2,1H3,(H,25,29)(H,26,31)/t14-/m0/s1. The maximum absolute atomic E-state index is 14.6. The van der Waals surface area contributed by atoms with Gasteiger partial charge in [-0.05, 0) is 50.1 Å². The van der Waals surface area contributed by atoms with E-state index in [1.807, 2.05) is 4.57 Å². The van der Waals surface area contributed by atoms with E-state index in [2.05, 4.69) is 25.2 Å². The van der Waals surface area contributed by atoms with Crippen LogP contribution in [0.1, 0.15) is 37.6 Å². The molecule has 3 aromatic rings. The monoisotopic (exact) mass is 482 g/mol. The number of carbonyl (C=O) groups excluding carboxylic acids is 1. The third-order valence-electron chi connectivity index (χ3n) is 5.96. The van der Waals surface area contributed by atoms with E-state index < -0.39 is 27.8 Å². The van der Waals surface area contributed by atoms with Gasteiger partial charge in [-0.15, -0.1) is 10.2 Å². The maximum atomic E-state index is 14.6. The van der Waals surface area contributed by atoms with Crippen molar-refractivity contribution in [3.63, 3.8) is 0 Å². The Kier molecular flexibility index (Phi) is 5.64. The maximum Gasteiger partial charge on any atom is 0.263 e. The Morgan fingerprint density at radius 2 is 2.00 bits per heavy atom. The highest BCUT2D eigenvalue weighted by Gasteiger charge is 2.31. The molecule has 0 bridgehead atoms. The molecule has 0 saturated heterocycles. The largest absolute Gasteiger partial charge is 0.322 e. The van der Waals surface area contributed by atoms with E-state index in [4.69, 9.17) is 0 Å². The van der Waals surface area contributed by atoms with Crippen LogP contribution in [0.25, 0.3) is 11.4 Å². The van der Waals surface area contributed by atoms with Gasteiger partial charge in [-0.25, -0.2) is 12.8 Å². The van der Waals surface area contributed by atoms with Crippen molar-refractivity contribution in [2.45, 2.75) is 50.1 Å². The Morgan fingerprint density at radius 3 is 2.85 bits per heavy atom. The molecule has 0 spiro atoms. The molecule has 176 valence electrons. The molecule has 0 fully saturated rings. The van der Waals surface area contributed by atoms with Gasteiger partial charge in [-0.1, -0.05) is 18.6 Å². The molecule has 2 aromatic carbocycles. The number of carbonyl (C=O) groups is 1. The van der Waals surface area contributed by atoms with Crippen LogP contribution < -0.4 is 10.0 Å². The smallest absolute Gasteiger partial charge is 0.263 e. The topological polar surface area (TPSA) is 118 Å². The van der Waals surface area contributed by atoms with Gasteiger partial charge in [0.25, 0.3) is 10.0 Å². The van der Waals surface area contributed by atoms with Gasteiger partial charge < -0.3 is 9.88 Å². The highest BCUT2D eigenvalue weighted by Crippen LogP contribution is 2.27. The van der Waals surface area contributed by atoms with Crippen LogP contribution in [-0.4, -0.2) is 41.0 Å². The van der Waals surface area contributed by atoms with Gasteiger partial charge in [-0.3, -0.25) is 14.5 Å². The molecule has 2 N–H and O–H groups in total. The minimum Gasteiger partial charge on any atom is -0.322 e. The van der Waals surface area contributed by atoms with Gasteiger partial charge in [-0.2, -0.15) is 0 Å². The molecule has 34 heavy (non-hydrogen) atoms. The van der Waals surface area contributed by atoms with Crippen LogP contribution in [-0.2, 0) is 27.8 Å². The number of anilines is 1. The van der Waals surface area contributed by atoms with Crippen LogP contribution in [0.15, 0.2) is 52.4 Å². The first-order chi connectivity index (χ1) is 16.3. The molecule has 3 heterocycles. The number of nitrogens with one attached hydrogen (secondary N) is 2. The summed E-state index contributed by atoms with van der Waals surface area (Å²) >= 11 is 0. The Balaban J connectivity index is 1.39. The average Bonchev–Trinajstić information content (AvgIpc) is 3.22. The number of rotatable bonds is 4. The summed E-state index contributed by atoms with van der Waals surface area (Å²) in [4.78, 5) is 17.2. The minimum absolute atomic E-state index is 0.00655. The molecule has 0 saturated carbocycles. The first kappa shape index (κ1) is 22.2. The predicted molar refractivity (Wildman–Crippen MR) is 124 cm³/mol. The zero-order chi connectivity index (χ0) is 23.9. The normalized spacial score (nSPS) is 18.5. The quantitative estimate of drug-likeness (QED) is 0.593. The van der Waals surface area contributed by atoms with Crippen molar-refractivity contribution in [2.75, 3.05) is 5.32 Å². The van der Waals surface area contributed by atoms with E-state index in [9.17, 15) is 17.6 Å². The van der Waals surface area contributed by atoms with Gasteiger partial charge in [0.2, 0.25) is 5.91 Å². The van der Waals surface area contributed by atoms with E-state index >= 15 is 0 Å². The van der Waals surface area contributed by atoms with Gasteiger partial charge in [0.05, 0.1) is 10.6 Å². The molecule has 0 radical (unpaired) electrons. The Labute approximate surface area is 196 Å². The fourth-order valence-electron chi connectivity index (χ4n) is 4.18. The Hall–Kier alpha value is -3.60. The second kappa shape index (κ2) is 8.64. The van der Waals surface area contributed by atoms with E-state index in [0.29, 0.717) is 17.0 Å². The van der Waals surface area contributed by atoms with Crippen LogP contribution in [0.4, 0.5) is 10.1 Å². The van der Waals surface area contributed by atoms with Crippen molar-refractivity contribution in [3.05, 3.63) is 59.7 Å². The molecule has 1 amide bonds. The van der Waals surface area contributed by atoms with Gasteiger partial charge in [0, 0.05) is 24.1 Å². The number of fused-ring (bicyclic) bond motifs is 2. The van der Waals surface area contributed by atoms with Gasteiger partial charge in [0.15, 0.2) is 5.82 Å². The van der Waals surface area contributed by atoms with Crippen LogP contribution in [0.5, 0.6) is 0 Å². The van der Waals surface area contributed by atoms with E-state index in [1.54, 1.807) is 24.3 Å². The number of aromatic nitrogens is 3. The predicted octanol–water partition coefficient (Wildman–Crippen LogP) is 2.88. The molecule has 5 rings (SSSR count). The summed E-state index contributed by atoms with van der Waals surface area (Å²) in [6.45, 7) is 2.31. The van der Waals surface area contributed by atoms with Crippen LogP contribution in [0, 0.1) is 5.82 Å². The van der Waals surface area contributed by atoms with E-state index in [-0.39, 0.29) is 16.4 Å². The summed E-state index contributed by atoms with van der Waals surface area (Å²) in [6.07, 6.45) is 4.05. The third-order valence-corrected chi connectivity index (χ3v) is 7.35. The summed E-state index contributed by atoms with van der Waals surface area (Å²) < 4.78 is 43.5. The minimum atomic E-state index is -3.72. The van der Waals surface area contributed by atoms with Crippen LogP contribution in [0.3, 0.4) is 0 Å². The number of aliphatic imine (C=N–C) groups is 1. The van der Waals surface area contributed by atoms with Crippen molar-refractivity contribution in [1.29, 1.82) is 0 Å². The molecule has 1 atom stereocenters. The first-order valence-corrected chi connectivity index (χ1v) is 12.5. The number of benzene rings is 2. The summed E-state index contributed by atoms with van der Waals surface area (Å²) in [5, 5.41) is 11.1. The molecular weight excluding hydrogens is 459 g/mol. The summed E-state index contributed by atoms with van der Waals surface area (Å²) in [6, 6.07) is 9.83. The van der Waals surface area contributed by atoms with E-state index in [0.717, 1.165) is 38.1 Å². The molecule has 1 aromatic heterocycles. The SMILES string of the molecule is C[C@H](N=C1NS(=O)(=O)c2ccccc21)C(=O)Nc1cc(-c2nnc3n2CCCCC3)ccc1F. The molecule has 9 nitrogen and oxygen atoms in total. The molecule has 11 heteroatoms. The number of amidine groups is 1. The summed E-state index contributed by atoms with van der Waals surface area (Å²) in [5.41, 5.74) is 1.03. The molecular formula is C23H23FN6O3S. The lowest BCUT2D eigenvalue weighted by Gasteiger charge is -2.12. The fourth-order valence-corrected chi connectivity index (χ4v) is 5.42. The van der Waals surface area contributed by atoms with Crippen LogP contribution >= 0.6 is 0 Å². The van der Waals surface area contributed by atoms with Crippen LogP contribution in [0.2, 0.25) is 0 Å². The fraction of sp³-hybridized carbons (Fsp3) is 0.304. The van der Waals surface area contributed by atoms with Crippen molar-refractivity contribution in [1.82, 2.24) is 19.5 Å². The second-order valence-electron chi connectivity index (χ2n) is 8.34. The number of halogens is 1. The number of amides is 1. The van der Waals surface area contributed by atoms with Gasteiger partial charge in [0.1, 0.15) is 23.5 Å². The average molecular weight is 483 g/mol. The lowest BCUT2D eigenvalue weighted by atomic mass is 10.1. The lowest BCUT2D eigenvalue weighted by Crippen LogP contribution is -2.29. The number of sulfonamides is 1. The van der Waals surface area contributed by atoms with Gasteiger partial charge >= 0.3 is 0 Å². The number of hydrogen-bond donors (Lipinski definition) is 2. The third kappa shape index (κ3) is 4.07. The molecule has 2 aliphatic rings. The zero-order valence-corrected chi connectivity index (χ0v) is 19.3. The highest BCUT2D eigenvalue weighted by atomic mass is 32.2. The van der Waals surface area contributed by atoms with Crippen molar-refractivity contribution >= 4 is 27.5 Å². The van der Waals surface area contributed by atoms with Crippen molar-refractivity contribution in [3.8, 4) is 11.4 Å². The summed E-state index contributed by atoms with van der Waals surface area (Å²) in [5.74, 6) is 0.453.